The summed E-state index contributed by atoms with van der Waals surface area (Å²) in [5, 5.41) is 3.15. The van der Waals surface area contributed by atoms with Gasteiger partial charge in [0.15, 0.2) is 5.65 Å². The van der Waals surface area contributed by atoms with Crippen molar-refractivity contribution in [1.29, 1.82) is 0 Å². The molecule has 3 rings (SSSR count). The van der Waals surface area contributed by atoms with Crippen LogP contribution < -0.4 is 16.0 Å². The zero-order valence-corrected chi connectivity index (χ0v) is 10.3. The van der Waals surface area contributed by atoms with Crippen molar-refractivity contribution in [1.82, 2.24) is 20.3 Å². The number of hydrogen-bond acceptors (Lipinski definition) is 6. The van der Waals surface area contributed by atoms with Gasteiger partial charge in [0, 0.05) is 32.0 Å². The topological polar surface area (TPSA) is 97.0 Å². The van der Waals surface area contributed by atoms with Gasteiger partial charge in [-0.3, -0.25) is 9.78 Å². The average molecular weight is 258 g/mol. The number of pyridine rings is 1. The molecule has 1 saturated heterocycles. The minimum absolute atomic E-state index is 0.353. The zero-order chi connectivity index (χ0) is 13.2. The Morgan fingerprint density at radius 3 is 3.05 bits per heavy atom. The van der Waals surface area contributed by atoms with Gasteiger partial charge in [-0.1, -0.05) is 0 Å². The van der Waals surface area contributed by atoms with Gasteiger partial charge in [-0.2, -0.15) is 0 Å². The zero-order valence-electron chi connectivity index (χ0n) is 10.3. The lowest BCUT2D eigenvalue weighted by Gasteiger charge is -2.35. The molecule has 1 aliphatic heterocycles. The lowest BCUT2D eigenvalue weighted by atomic mass is 10.2. The number of anilines is 1. The van der Waals surface area contributed by atoms with Crippen LogP contribution in [0.3, 0.4) is 0 Å². The molecule has 1 unspecified atom stereocenters. The molecule has 1 amide bonds. The van der Waals surface area contributed by atoms with Crippen molar-refractivity contribution < 1.29 is 4.79 Å². The van der Waals surface area contributed by atoms with E-state index in [0.717, 1.165) is 12.1 Å². The number of nitrogens with two attached hydrogens (primary N) is 1. The third-order valence-electron chi connectivity index (χ3n) is 3.18. The van der Waals surface area contributed by atoms with Crippen LogP contribution in [0.5, 0.6) is 0 Å². The molecular weight excluding hydrogens is 244 g/mol. The van der Waals surface area contributed by atoms with Crippen LogP contribution in [0.1, 0.15) is 0 Å². The number of primary amides is 1. The van der Waals surface area contributed by atoms with Crippen LogP contribution >= 0.6 is 0 Å². The van der Waals surface area contributed by atoms with Crippen LogP contribution in [0, 0.1) is 0 Å². The number of hydrogen-bond donors (Lipinski definition) is 2. The fraction of sp³-hybridized carbons (Fsp3) is 0.333. The maximum Gasteiger partial charge on any atom is 0.241 e. The molecule has 1 aliphatic rings. The maximum absolute atomic E-state index is 11.5. The molecule has 3 heterocycles. The van der Waals surface area contributed by atoms with Crippen LogP contribution in [0.25, 0.3) is 11.2 Å². The first-order chi connectivity index (χ1) is 9.25. The van der Waals surface area contributed by atoms with Gasteiger partial charge in [-0.15, -0.1) is 0 Å². The molecule has 3 N–H and O–H groups in total. The van der Waals surface area contributed by atoms with Gasteiger partial charge in [0.05, 0.1) is 0 Å². The highest BCUT2D eigenvalue weighted by molar-refractivity contribution is 5.84. The number of piperazine rings is 1. The second-order valence-electron chi connectivity index (χ2n) is 4.38. The summed E-state index contributed by atoms with van der Waals surface area (Å²) in [7, 11) is 0. The summed E-state index contributed by atoms with van der Waals surface area (Å²) in [6.45, 7) is 2.02. The molecule has 1 fully saturated rings. The number of carbonyl (C=O) groups excluding carboxylic acids is 1. The largest absolute Gasteiger partial charge is 0.368 e. The maximum atomic E-state index is 11.5. The predicted molar refractivity (Wildman–Crippen MR) is 70.5 cm³/mol. The quantitative estimate of drug-likeness (QED) is 0.738. The summed E-state index contributed by atoms with van der Waals surface area (Å²) in [4.78, 5) is 26.2. The number of carbonyl (C=O) groups is 1. The van der Waals surface area contributed by atoms with Crippen molar-refractivity contribution >= 4 is 22.9 Å². The van der Waals surface area contributed by atoms with Gasteiger partial charge in [0.1, 0.15) is 17.4 Å². The number of rotatable bonds is 2. The molecule has 0 spiro atoms. The average Bonchev–Trinajstić information content (AvgIpc) is 2.46. The highest BCUT2D eigenvalue weighted by Crippen LogP contribution is 2.18. The Hall–Kier alpha value is -2.28. The van der Waals surface area contributed by atoms with E-state index < -0.39 is 0 Å². The van der Waals surface area contributed by atoms with Crippen LogP contribution in [-0.4, -0.2) is 46.5 Å². The fourth-order valence-electron chi connectivity index (χ4n) is 2.24. The number of aromatic nitrogens is 3. The standard InChI is InChI=1S/C12H14N6O/c13-11(19)9-7-14-5-6-18(9)10-2-1-8-12(17-10)16-4-3-15-8/h1-4,9,14H,5-7H2,(H2,13,19). The van der Waals surface area contributed by atoms with E-state index in [1.807, 2.05) is 17.0 Å². The Morgan fingerprint density at radius 1 is 1.37 bits per heavy atom. The highest BCUT2D eigenvalue weighted by Gasteiger charge is 2.27. The minimum atomic E-state index is -0.379. The van der Waals surface area contributed by atoms with Gasteiger partial charge < -0.3 is 16.0 Å². The Labute approximate surface area is 109 Å². The van der Waals surface area contributed by atoms with Gasteiger partial charge in [-0.05, 0) is 12.1 Å². The molecule has 2 aromatic rings. The summed E-state index contributed by atoms with van der Waals surface area (Å²) >= 11 is 0. The van der Waals surface area contributed by atoms with Crippen molar-refractivity contribution in [2.24, 2.45) is 5.73 Å². The Balaban J connectivity index is 1.99. The first-order valence-corrected chi connectivity index (χ1v) is 6.10. The normalized spacial score (nSPS) is 19.6. The Bertz CT molecular complexity index is 616. The molecule has 0 radical (unpaired) electrons. The molecule has 0 bridgehead atoms. The molecule has 1 atom stereocenters. The predicted octanol–water partition coefficient (Wildman–Crippen LogP) is -0.712. The second kappa shape index (κ2) is 4.77. The van der Waals surface area contributed by atoms with Crippen molar-refractivity contribution in [2.45, 2.75) is 6.04 Å². The molecule has 98 valence electrons. The van der Waals surface area contributed by atoms with Crippen molar-refractivity contribution in [3.8, 4) is 0 Å². The molecule has 7 nitrogen and oxygen atoms in total. The first kappa shape index (κ1) is 11.8. The van der Waals surface area contributed by atoms with E-state index >= 15 is 0 Å². The van der Waals surface area contributed by atoms with Crippen LogP contribution in [0.2, 0.25) is 0 Å². The Morgan fingerprint density at radius 2 is 2.21 bits per heavy atom. The lowest BCUT2D eigenvalue weighted by Crippen LogP contribution is -2.57. The number of nitrogens with zero attached hydrogens (tertiary/aromatic N) is 4. The third kappa shape index (κ3) is 2.19. The number of fused-ring (bicyclic) bond motifs is 1. The fourth-order valence-corrected chi connectivity index (χ4v) is 2.24. The summed E-state index contributed by atoms with van der Waals surface area (Å²) in [5.41, 5.74) is 6.74. The third-order valence-corrected chi connectivity index (χ3v) is 3.18. The van der Waals surface area contributed by atoms with E-state index in [1.54, 1.807) is 12.4 Å². The molecule has 0 saturated carbocycles. The molecule has 0 aromatic carbocycles. The Kier molecular flexibility index (Phi) is 2.96. The van der Waals surface area contributed by atoms with Gasteiger partial charge in [0.2, 0.25) is 5.91 Å². The summed E-state index contributed by atoms with van der Waals surface area (Å²) in [6.07, 6.45) is 3.23. The van der Waals surface area contributed by atoms with E-state index in [9.17, 15) is 4.79 Å². The molecule has 0 aliphatic carbocycles. The van der Waals surface area contributed by atoms with Crippen LogP contribution in [0.4, 0.5) is 5.82 Å². The van der Waals surface area contributed by atoms with E-state index in [1.165, 1.54) is 0 Å². The second-order valence-corrected chi connectivity index (χ2v) is 4.38. The smallest absolute Gasteiger partial charge is 0.241 e. The molecule has 19 heavy (non-hydrogen) atoms. The monoisotopic (exact) mass is 258 g/mol. The summed E-state index contributed by atoms with van der Waals surface area (Å²) in [6, 6.07) is 3.32. The van der Waals surface area contributed by atoms with Gasteiger partial charge in [-0.25, -0.2) is 9.97 Å². The molecule has 7 heteroatoms. The van der Waals surface area contributed by atoms with Crippen LogP contribution in [-0.2, 0) is 4.79 Å². The lowest BCUT2D eigenvalue weighted by molar-refractivity contribution is -0.119. The summed E-state index contributed by atoms with van der Waals surface area (Å²) < 4.78 is 0. The van der Waals surface area contributed by atoms with E-state index in [4.69, 9.17) is 5.73 Å². The molecular formula is C12H14N6O. The van der Waals surface area contributed by atoms with Crippen molar-refractivity contribution in [2.75, 3.05) is 24.5 Å². The number of amides is 1. The van der Waals surface area contributed by atoms with E-state index in [-0.39, 0.29) is 11.9 Å². The summed E-state index contributed by atoms with van der Waals surface area (Å²) in [5.74, 6) is 0.353. The number of nitrogens with one attached hydrogen (secondary N) is 1. The van der Waals surface area contributed by atoms with Gasteiger partial charge >= 0.3 is 0 Å². The highest BCUT2D eigenvalue weighted by atomic mass is 16.1. The van der Waals surface area contributed by atoms with E-state index in [0.29, 0.717) is 24.6 Å². The van der Waals surface area contributed by atoms with E-state index in [2.05, 4.69) is 20.3 Å². The van der Waals surface area contributed by atoms with Crippen molar-refractivity contribution in [3.05, 3.63) is 24.5 Å². The van der Waals surface area contributed by atoms with Crippen LogP contribution in [0.15, 0.2) is 24.5 Å². The van der Waals surface area contributed by atoms with Crippen molar-refractivity contribution in [3.63, 3.8) is 0 Å². The minimum Gasteiger partial charge on any atom is -0.368 e. The molecule has 2 aromatic heterocycles. The first-order valence-electron chi connectivity index (χ1n) is 6.10. The SMILES string of the molecule is NC(=O)C1CNCCN1c1ccc2nccnc2n1. The van der Waals surface area contributed by atoms with Gasteiger partial charge in [0.25, 0.3) is 0 Å².